The molecular weight excluding hydrogens is 410 g/mol. The van der Waals surface area contributed by atoms with Crippen LogP contribution in [-0.4, -0.2) is 20.1 Å². The SMILES string of the molecule is Cc1ccc(S(=O)Cc2nc(-c3ccc(C(=O)Nc4cccnc4)cc3)oc2C)cc1. The number of amides is 1. The van der Waals surface area contributed by atoms with Crippen LogP contribution in [0.4, 0.5) is 5.69 Å². The van der Waals surface area contributed by atoms with Crippen LogP contribution in [0.5, 0.6) is 0 Å². The maximum atomic E-state index is 12.7. The van der Waals surface area contributed by atoms with Gasteiger partial charge in [-0.25, -0.2) is 4.98 Å². The fourth-order valence-corrected chi connectivity index (χ4v) is 4.11. The third-order valence-electron chi connectivity index (χ3n) is 4.76. The van der Waals surface area contributed by atoms with Crippen LogP contribution in [0.15, 0.2) is 82.4 Å². The second kappa shape index (κ2) is 9.06. The predicted molar refractivity (Wildman–Crippen MR) is 120 cm³/mol. The number of hydrogen-bond donors (Lipinski definition) is 1. The average molecular weight is 432 g/mol. The zero-order chi connectivity index (χ0) is 21.8. The van der Waals surface area contributed by atoms with Gasteiger partial charge in [0.05, 0.1) is 34.1 Å². The monoisotopic (exact) mass is 431 g/mol. The molecule has 31 heavy (non-hydrogen) atoms. The fraction of sp³-hybridized carbons (Fsp3) is 0.125. The third kappa shape index (κ3) is 4.95. The minimum absolute atomic E-state index is 0.225. The van der Waals surface area contributed by atoms with Gasteiger partial charge in [0.15, 0.2) is 0 Å². The molecule has 156 valence electrons. The van der Waals surface area contributed by atoms with Crippen molar-refractivity contribution in [3.05, 3.63) is 95.6 Å². The number of oxazole rings is 1. The van der Waals surface area contributed by atoms with Gasteiger partial charge >= 0.3 is 0 Å². The van der Waals surface area contributed by atoms with Crippen molar-refractivity contribution in [1.82, 2.24) is 9.97 Å². The maximum Gasteiger partial charge on any atom is 0.255 e. The lowest BCUT2D eigenvalue weighted by Crippen LogP contribution is -2.11. The van der Waals surface area contributed by atoms with Crippen LogP contribution in [0.25, 0.3) is 11.5 Å². The molecule has 0 radical (unpaired) electrons. The Morgan fingerprint density at radius 3 is 2.45 bits per heavy atom. The minimum Gasteiger partial charge on any atom is -0.441 e. The molecule has 0 aliphatic heterocycles. The number of aryl methyl sites for hydroxylation is 2. The molecule has 0 aliphatic rings. The number of aromatic nitrogens is 2. The average Bonchev–Trinajstić information content (AvgIpc) is 3.15. The molecule has 1 atom stereocenters. The number of carbonyl (C=O) groups is 1. The topological polar surface area (TPSA) is 85.1 Å². The van der Waals surface area contributed by atoms with Gasteiger partial charge in [-0.15, -0.1) is 0 Å². The first kappa shape index (κ1) is 20.7. The molecule has 0 aliphatic carbocycles. The van der Waals surface area contributed by atoms with Crippen LogP contribution in [0.3, 0.4) is 0 Å². The van der Waals surface area contributed by atoms with Crippen molar-refractivity contribution < 1.29 is 13.4 Å². The molecule has 0 saturated heterocycles. The van der Waals surface area contributed by atoms with Crippen LogP contribution in [0.2, 0.25) is 0 Å². The summed E-state index contributed by atoms with van der Waals surface area (Å²) in [7, 11) is -1.21. The predicted octanol–water partition coefficient (Wildman–Crippen LogP) is 4.91. The van der Waals surface area contributed by atoms with E-state index in [9.17, 15) is 9.00 Å². The van der Waals surface area contributed by atoms with Gasteiger partial charge in [-0.3, -0.25) is 14.0 Å². The van der Waals surface area contributed by atoms with Crippen molar-refractivity contribution in [1.29, 1.82) is 0 Å². The van der Waals surface area contributed by atoms with Gasteiger partial charge < -0.3 is 9.73 Å². The van der Waals surface area contributed by atoms with Crippen LogP contribution >= 0.6 is 0 Å². The van der Waals surface area contributed by atoms with Gasteiger partial charge in [-0.1, -0.05) is 17.7 Å². The van der Waals surface area contributed by atoms with Crippen molar-refractivity contribution in [3.63, 3.8) is 0 Å². The molecule has 7 heteroatoms. The second-order valence-corrected chi connectivity index (χ2v) is 8.55. The highest BCUT2D eigenvalue weighted by Gasteiger charge is 2.16. The molecule has 2 aromatic heterocycles. The summed E-state index contributed by atoms with van der Waals surface area (Å²) in [6.45, 7) is 3.81. The lowest BCUT2D eigenvalue weighted by atomic mass is 10.1. The van der Waals surface area contributed by atoms with E-state index in [4.69, 9.17) is 4.42 Å². The van der Waals surface area contributed by atoms with Crippen molar-refractivity contribution in [2.24, 2.45) is 0 Å². The first-order valence-electron chi connectivity index (χ1n) is 9.73. The summed E-state index contributed by atoms with van der Waals surface area (Å²) in [4.78, 5) is 21.7. The molecule has 2 heterocycles. The number of benzene rings is 2. The van der Waals surface area contributed by atoms with E-state index in [1.165, 1.54) is 0 Å². The lowest BCUT2D eigenvalue weighted by Gasteiger charge is -2.05. The molecule has 1 amide bonds. The summed E-state index contributed by atoms with van der Waals surface area (Å²) < 4.78 is 18.5. The second-order valence-electron chi connectivity index (χ2n) is 7.10. The summed E-state index contributed by atoms with van der Waals surface area (Å²) in [6.07, 6.45) is 3.23. The normalized spacial score (nSPS) is 11.8. The van der Waals surface area contributed by atoms with Crippen molar-refractivity contribution in [2.75, 3.05) is 5.32 Å². The molecule has 0 saturated carbocycles. The highest BCUT2D eigenvalue weighted by Crippen LogP contribution is 2.24. The number of hydrogen-bond acceptors (Lipinski definition) is 5. The van der Waals surface area contributed by atoms with Crippen LogP contribution in [0, 0.1) is 13.8 Å². The number of anilines is 1. The fourth-order valence-electron chi connectivity index (χ4n) is 2.99. The number of rotatable bonds is 6. The van der Waals surface area contributed by atoms with E-state index in [2.05, 4.69) is 15.3 Å². The smallest absolute Gasteiger partial charge is 0.255 e. The van der Waals surface area contributed by atoms with Crippen molar-refractivity contribution in [3.8, 4) is 11.5 Å². The van der Waals surface area contributed by atoms with E-state index in [0.29, 0.717) is 28.6 Å². The summed E-state index contributed by atoms with van der Waals surface area (Å²) in [5.41, 5.74) is 3.67. The molecule has 0 bridgehead atoms. The van der Waals surface area contributed by atoms with Gasteiger partial charge in [0.25, 0.3) is 5.91 Å². The van der Waals surface area contributed by atoms with Gasteiger partial charge in [0, 0.05) is 22.2 Å². The Morgan fingerprint density at radius 2 is 1.77 bits per heavy atom. The van der Waals surface area contributed by atoms with Gasteiger partial charge in [-0.2, -0.15) is 0 Å². The van der Waals surface area contributed by atoms with E-state index in [0.717, 1.165) is 16.0 Å². The molecule has 4 aromatic rings. The quantitative estimate of drug-likeness (QED) is 0.469. The first-order valence-corrected chi connectivity index (χ1v) is 11.0. The Labute approximate surface area is 182 Å². The molecule has 1 N–H and O–H groups in total. The van der Waals surface area contributed by atoms with Crippen molar-refractivity contribution >= 4 is 22.4 Å². The Bertz CT molecular complexity index is 1220. The van der Waals surface area contributed by atoms with E-state index in [1.54, 1.807) is 48.8 Å². The Balaban J connectivity index is 1.47. The zero-order valence-electron chi connectivity index (χ0n) is 17.2. The molecule has 4 rings (SSSR count). The van der Waals surface area contributed by atoms with Gasteiger partial charge in [0.1, 0.15) is 5.76 Å². The molecule has 0 spiro atoms. The van der Waals surface area contributed by atoms with E-state index >= 15 is 0 Å². The molecule has 0 fully saturated rings. The third-order valence-corrected chi connectivity index (χ3v) is 6.09. The molecule has 6 nitrogen and oxygen atoms in total. The highest BCUT2D eigenvalue weighted by atomic mass is 32.2. The number of nitrogens with one attached hydrogen (secondary N) is 1. The zero-order valence-corrected chi connectivity index (χ0v) is 18.0. The number of nitrogens with zero attached hydrogens (tertiary/aromatic N) is 2. The molecular formula is C24H21N3O3S. The van der Waals surface area contributed by atoms with E-state index in [-0.39, 0.29) is 11.7 Å². The first-order chi connectivity index (χ1) is 15.0. The molecule has 2 aromatic carbocycles. The Kier molecular flexibility index (Phi) is 6.04. The lowest BCUT2D eigenvalue weighted by molar-refractivity contribution is 0.102. The number of pyridine rings is 1. The van der Waals surface area contributed by atoms with Crippen LogP contribution in [-0.2, 0) is 16.6 Å². The largest absolute Gasteiger partial charge is 0.441 e. The molecule has 1 unspecified atom stereocenters. The summed E-state index contributed by atoms with van der Waals surface area (Å²) in [5.74, 6) is 1.13. The minimum atomic E-state index is -1.21. The Morgan fingerprint density at radius 1 is 1.03 bits per heavy atom. The van der Waals surface area contributed by atoms with Gasteiger partial charge in [-0.05, 0) is 62.4 Å². The summed E-state index contributed by atoms with van der Waals surface area (Å²) in [6, 6.07) is 18.2. The highest BCUT2D eigenvalue weighted by molar-refractivity contribution is 7.84. The summed E-state index contributed by atoms with van der Waals surface area (Å²) >= 11 is 0. The van der Waals surface area contributed by atoms with E-state index < -0.39 is 10.8 Å². The standard InChI is InChI=1S/C24H21N3O3S/c1-16-5-11-21(12-6-16)31(29)15-22-17(2)30-24(27-22)19-9-7-18(8-10-19)23(28)26-20-4-3-13-25-14-20/h3-14H,15H2,1-2H3,(H,26,28). The summed E-state index contributed by atoms with van der Waals surface area (Å²) in [5, 5.41) is 2.80. The maximum absolute atomic E-state index is 12.7. The van der Waals surface area contributed by atoms with Gasteiger partial charge in [0.2, 0.25) is 5.89 Å². The van der Waals surface area contributed by atoms with Crippen LogP contribution in [0.1, 0.15) is 27.4 Å². The Hall–Kier alpha value is -3.58. The number of carbonyl (C=O) groups excluding carboxylic acids is 1. The van der Waals surface area contributed by atoms with Crippen LogP contribution < -0.4 is 5.32 Å². The van der Waals surface area contributed by atoms with E-state index in [1.807, 2.05) is 38.1 Å². The van der Waals surface area contributed by atoms with Crippen molar-refractivity contribution in [2.45, 2.75) is 24.5 Å².